The van der Waals surface area contributed by atoms with Gasteiger partial charge in [-0.1, -0.05) is 41.9 Å². The van der Waals surface area contributed by atoms with Gasteiger partial charge in [0.2, 0.25) is 0 Å². The van der Waals surface area contributed by atoms with Gasteiger partial charge < -0.3 is 4.57 Å². The van der Waals surface area contributed by atoms with Crippen LogP contribution < -0.4 is 0 Å². The second-order valence-electron chi connectivity index (χ2n) is 4.99. The zero-order valence-electron chi connectivity index (χ0n) is 11.3. The molecule has 0 fully saturated rings. The molecular formula is C17H13ClN2S. The number of aryl methyl sites for hydroxylation is 1. The van der Waals surface area contributed by atoms with Crippen LogP contribution in [0.4, 0.5) is 0 Å². The van der Waals surface area contributed by atoms with Gasteiger partial charge in [0.15, 0.2) is 0 Å². The lowest BCUT2D eigenvalue weighted by Crippen LogP contribution is -1.99. The number of aromatic nitrogens is 2. The Hall–Kier alpha value is -1.71. The van der Waals surface area contributed by atoms with Crippen LogP contribution in [-0.4, -0.2) is 15.3 Å². The van der Waals surface area contributed by atoms with Crippen molar-refractivity contribution >= 4 is 23.4 Å². The summed E-state index contributed by atoms with van der Waals surface area (Å²) < 4.78 is 2.20. The summed E-state index contributed by atoms with van der Waals surface area (Å²) in [6, 6.07) is 16.4. The molecule has 1 aliphatic rings. The van der Waals surface area contributed by atoms with E-state index in [0.29, 0.717) is 0 Å². The third-order valence-electron chi connectivity index (χ3n) is 3.61. The highest BCUT2D eigenvalue weighted by Gasteiger charge is 2.17. The van der Waals surface area contributed by atoms with Crippen molar-refractivity contribution in [2.45, 2.75) is 11.3 Å². The van der Waals surface area contributed by atoms with E-state index in [1.165, 1.54) is 10.6 Å². The molecule has 4 rings (SSSR count). The number of benzene rings is 2. The molecule has 2 nitrogen and oxygen atoms in total. The molecule has 0 amide bonds. The maximum absolute atomic E-state index is 6.12. The molecule has 1 aromatic heterocycles. The monoisotopic (exact) mass is 312 g/mol. The van der Waals surface area contributed by atoms with Crippen molar-refractivity contribution in [3.8, 4) is 16.9 Å². The largest absolute Gasteiger partial charge is 0.302 e. The van der Waals surface area contributed by atoms with Gasteiger partial charge in [-0.05, 0) is 18.2 Å². The van der Waals surface area contributed by atoms with Gasteiger partial charge in [0.1, 0.15) is 5.82 Å². The molecular weight excluding hydrogens is 300 g/mol. The fourth-order valence-electron chi connectivity index (χ4n) is 2.61. The first-order chi connectivity index (χ1) is 10.3. The lowest BCUT2D eigenvalue weighted by atomic mass is 10.2. The summed E-state index contributed by atoms with van der Waals surface area (Å²) in [6.07, 6.45) is 3.09. The van der Waals surface area contributed by atoms with Crippen LogP contribution >= 0.6 is 23.4 Å². The third kappa shape index (κ3) is 2.37. The van der Waals surface area contributed by atoms with Gasteiger partial charge in [-0.15, -0.1) is 11.8 Å². The standard InChI is InChI=1S/C17H13ClN2S/c18-13-6-7-15-16(10-13)21-9-8-17-19-14(11-20(15)17)12-4-2-1-3-5-12/h1-7,10-11H,8-9H2. The van der Waals surface area contributed by atoms with Crippen LogP contribution in [-0.2, 0) is 6.42 Å². The van der Waals surface area contributed by atoms with E-state index in [9.17, 15) is 0 Å². The van der Waals surface area contributed by atoms with E-state index >= 15 is 0 Å². The highest BCUT2D eigenvalue weighted by atomic mass is 35.5. The van der Waals surface area contributed by atoms with Crippen LogP contribution in [0.5, 0.6) is 0 Å². The normalized spacial score (nSPS) is 13.4. The molecule has 0 N–H and O–H groups in total. The fraction of sp³-hybridized carbons (Fsp3) is 0.118. The van der Waals surface area contributed by atoms with Crippen LogP contribution in [0.3, 0.4) is 0 Å². The third-order valence-corrected chi connectivity index (χ3v) is 4.89. The van der Waals surface area contributed by atoms with Gasteiger partial charge in [0.25, 0.3) is 0 Å². The number of rotatable bonds is 1. The molecule has 0 spiro atoms. The second kappa shape index (κ2) is 5.24. The van der Waals surface area contributed by atoms with Gasteiger partial charge in [0.05, 0.1) is 11.4 Å². The van der Waals surface area contributed by atoms with Gasteiger partial charge in [0, 0.05) is 33.9 Å². The van der Waals surface area contributed by atoms with Crippen LogP contribution in [0.1, 0.15) is 5.82 Å². The van der Waals surface area contributed by atoms with E-state index < -0.39 is 0 Å². The average Bonchev–Trinajstić information content (AvgIpc) is 2.85. The molecule has 3 aromatic rings. The highest BCUT2D eigenvalue weighted by Crippen LogP contribution is 2.34. The zero-order chi connectivity index (χ0) is 14.2. The first-order valence-electron chi connectivity index (χ1n) is 6.88. The average molecular weight is 313 g/mol. The number of fused-ring (bicyclic) bond motifs is 3. The van der Waals surface area contributed by atoms with E-state index in [-0.39, 0.29) is 0 Å². The molecule has 2 heterocycles. The molecule has 0 radical (unpaired) electrons. The van der Waals surface area contributed by atoms with Crippen LogP contribution in [0, 0.1) is 0 Å². The number of hydrogen-bond acceptors (Lipinski definition) is 2. The van der Waals surface area contributed by atoms with Crippen molar-refractivity contribution in [1.82, 2.24) is 9.55 Å². The Labute approximate surface area is 132 Å². The van der Waals surface area contributed by atoms with Crippen LogP contribution in [0.2, 0.25) is 5.02 Å². The van der Waals surface area contributed by atoms with Crippen molar-refractivity contribution in [1.29, 1.82) is 0 Å². The van der Waals surface area contributed by atoms with E-state index in [1.54, 1.807) is 0 Å². The lowest BCUT2D eigenvalue weighted by molar-refractivity contribution is 0.897. The Balaban J connectivity index is 1.88. The minimum absolute atomic E-state index is 0.785. The van der Waals surface area contributed by atoms with Gasteiger partial charge in [-0.3, -0.25) is 0 Å². The summed E-state index contributed by atoms with van der Waals surface area (Å²) in [7, 11) is 0. The van der Waals surface area contributed by atoms with E-state index in [4.69, 9.17) is 16.6 Å². The SMILES string of the molecule is Clc1ccc2c(c1)SCCc1nc(-c3ccccc3)cn1-2. The predicted octanol–water partition coefficient (Wildman–Crippen LogP) is 4.84. The summed E-state index contributed by atoms with van der Waals surface area (Å²) in [4.78, 5) is 6.04. The first kappa shape index (κ1) is 13.0. The molecule has 1 aliphatic heterocycles. The van der Waals surface area contributed by atoms with Crippen LogP contribution in [0.25, 0.3) is 16.9 Å². The Kier molecular flexibility index (Phi) is 3.24. The molecule has 0 unspecified atom stereocenters. The molecule has 2 aromatic carbocycles. The number of nitrogens with zero attached hydrogens (tertiary/aromatic N) is 2. The Morgan fingerprint density at radius 2 is 1.95 bits per heavy atom. The predicted molar refractivity (Wildman–Crippen MR) is 88.4 cm³/mol. The Morgan fingerprint density at radius 3 is 2.81 bits per heavy atom. The molecule has 104 valence electrons. The van der Waals surface area contributed by atoms with Crippen molar-refractivity contribution < 1.29 is 0 Å². The highest BCUT2D eigenvalue weighted by molar-refractivity contribution is 7.99. The quantitative estimate of drug-likeness (QED) is 0.640. The van der Waals surface area contributed by atoms with Gasteiger partial charge >= 0.3 is 0 Å². The summed E-state index contributed by atoms with van der Waals surface area (Å²) in [6.45, 7) is 0. The summed E-state index contributed by atoms with van der Waals surface area (Å²) in [5.74, 6) is 2.14. The number of halogens is 1. The molecule has 0 saturated carbocycles. The van der Waals surface area contributed by atoms with E-state index in [0.717, 1.165) is 34.3 Å². The first-order valence-corrected chi connectivity index (χ1v) is 8.24. The molecule has 0 aliphatic carbocycles. The molecule has 0 bridgehead atoms. The van der Waals surface area contributed by atoms with Gasteiger partial charge in [-0.25, -0.2) is 4.98 Å². The maximum Gasteiger partial charge on any atom is 0.114 e. The molecule has 21 heavy (non-hydrogen) atoms. The Morgan fingerprint density at radius 1 is 1.10 bits per heavy atom. The second-order valence-corrected chi connectivity index (χ2v) is 6.56. The fourth-order valence-corrected chi connectivity index (χ4v) is 3.87. The van der Waals surface area contributed by atoms with Gasteiger partial charge in [-0.2, -0.15) is 0 Å². The molecule has 0 saturated heterocycles. The van der Waals surface area contributed by atoms with Crippen molar-refractivity contribution in [2.75, 3.05) is 5.75 Å². The van der Waals surface area contributed by atoms with Crippen molar-refractivity contribution in [3.05, 3.63) is 65.6 Å². The molecule has 4 heteroatoms. The summed E-state index contributed by atoms with van der Waals surface area (Å²) in [5.41, 5.74) is 3.35. The molecule has 0 atom stereocenters. The van der Waals surface area contributed by atoms with E-state index in [1.807, 2.05) is 42.1 Å². The summed E-state index contributed by atoms with van der Waals surface area (Å²) >= 11 is 7.96. The topological polar surface area (TPSA) is 17.8 Å². The maximum atomic E-state index is 6.12. The van der Waals surface area contributed by atoms with Crippen molar-refractivity contribution in [3.63, 3.8) is 0 Å². The minimum Gasteiger partial charge on any atom is -0.302 e. The smallest absolute Gasteiger partial charge is 0.114 e. The van der Waals surface area contributed by atoms with E-state index in [2.05, 4.69) is 29.0 Å². The number of hydrogen-bond donors (Lipinski definition) is 0. The van der Waals surface area contributed by atoms with Crippen molar-refractivity contribution in [2.24, 2.45) is 0 Å². The number of thioether (sulfide) groups is 1. The Bertz CT molecular complexity index is 796. The summed E-state index contributed by atoms with van der Waals surface area (Å²) in [5, 5.41) is 0.785. The lowest BCUT2D eigenvalue weighted by Gasteiger charge is -2.08. The minimum atomic E-state index is 0.785. The number of imidazole rings is 1. The van der Waals surface area contributed by atoms with Crippen LogP contribution in [0.15, 0.2) is 59.6 Å². The zero-order valence-corrected chi connectivity index (χ0v) is 12.9.